The SMILES string of the molecule is FC(F)(F)[C@@H](c1ccncc1)N1CCNCC1. The van der Waals surface area contributed by atoms with Gasteiger partial charge in [0, 0.05) is 38.6 Å². The molecule has 94 valence electrons. The first kappa shape index (κ1) is 12.3. The van der Waals surface area contributed by atoms with Gasteiger partial charge in [-0.3, -0.25) is 9.88 Å². The minimum Gasteiger partial charge on any atom is -0.314 e. The molecule has 3 nitrogen and oxygen atoms in total. The zero-order valence-corrected chi connectivity index (χ0v) is 9.24. The van der Waals surface area contributed by atoms with Crippen molar-refractivity contribution in [3.05, 3.63) is 30.1 Å². The minimum atomic E-state index is -4.25. The van der Waals surface area contributed by atoms with Gasteiger partial charge in [0.2, 0.25) is 0 Å². The fourth-order valence-corrected chi connectivity index (χ4v) is 2.09. The lowest BCUT2D eigenvalue weighted by Gasteiger charge is -2.36. The van der Waals surface area contributed by atoms with Crippen molar-refractivity contribution < 1.29 is 13.2 Å². The van der Waals surface area contributed by atoms with Gasteiger partial charge in [0.15, 0.2) is 0 Å². The zero-order valence-electron chi connectivity index (χ0n) is 9.24. The normalized spacial score (nSPS) is 20.2. The van der Waals surface area contributed by atoms with Crippen LogP contribution in [0.15, 0.2) is 24.5 Å². The van der Waals surface area contributed by atoms with Gasteiger partial charge in [-0.1, -0.05) is 0 Å². The molecule has 1 aromatic heterocycles. The molecule has 1 aromatic rings. The number of pyridine rings is 1. The summed E-state index contributed by atoms with van der Waals surface area (Å²) in [7, 11) is 0. The van der Waals surface area contributed by atoms with Gasteiger partial charge in [-0.25, -0.2) is 0 Å². The molecule has 17 heavy (non-hydrogen) atoms. The summed E-state index contributed by atoms with van der Waals surface area (Å²) in [4.78, 5) is 5.22. The summed E-state index contributed by atoms with van der Waals surface area (Å²) < 4.78 is 39.3. The quantitative estimate of drug-likeness (QED) is 0.857. The molecule has 1 aliphatic rings. The highest BCUT2D eigenvalue weighted by Gasteiger charge is 2.44. The molecule has 1 aliphatic heterocycles. The Morgan fingerprint density at radius 1 is 1.18 bits per heavy atom. The van der Waals surface area contributed by atoms with E-state index >= 15 is 0 Å². The highest BCUT2D eigenvalue weighted by atomic mass is 19.4. The number of nitrogens with zero attached hydrogens (tertiary/aromatic N) is 2. The topological polar surface area (TPSA) is 28.2 Å². The van der Waals surface area contributed by atoms with Crippen LogP contribution in [0.3, 0.4) is 0 Å². The number of halogens is 3. The van der Waals surface area contributed by atoms with E-state index in [2.05, 4.69) is 10.3 Å². The van der Waals surface area contributed by atoms with E-state index in [1.165, 1.54) is 29.4 Å². The molecule has 6 heteroatoms. The first-order chi connectivity index (χ1) is 8.09. The van der Waals surface area contributed by atoms with Crippen molar-refractivity contribution in [2.75, 3.05) is 26.2 Å². The summed E-state index contributed by atoms with van der Waals surface area (Å²) in [6.45, 7) is 2.01. The second kappa shape index (κ2) is 5.01. The van der Waals surface area contributed by atoms with Crippen molar-refractivity contribution in [2.45, 2.75) is 12.2 Å². The monoisotopic (exact) mass is 245 g/mol. The number of nitrogens with one attached hydrogen (secondary N) is 1. The van der Waals surface area contributed by atoms with Gasteiger partial charge in [-0.05, 0) is 17.7 Å². The van der Waals surface area contributed by atoms with Crippen LogP contribution >= 0.6 is 0 Å². The molecule has 1 N–H and O–H groups in total. The van der Waals surface area contributed by atoms with Gasteiger partial charge in [-0.15, -0.1) is 0 Å². The first-order valence-corrected chi connectivity index (χ1v) is 5.50. The maximum absolute atomic E-state index is 13.1. The number of rotatable bonds is 2. The van der Waals surface area contributed by atoms with E-state index in [-0.39, 0.29) is 5.56 Å². The van der Waals surface area contributed by atoms with E-state index in [9.17, 15) is 13.2 Å². The van der Waals surface area contributed by atoms with Crippen LogP contribution in [-0.4, -0.2) is 42.2 Å². The fraction of sp³-hybridized carbons (Fsp3) is 0.545. The van der Waals surface area contributed by atoms with Crippen molar-refractivity contribution in [3.8, 4) is 0 Å². The van der Waals surface area contributed by atoms with Gasteiger partial charge < -0.3 is 5.32 Å². The molecule has 0 radical (unpaired) electrons. The van der Waals surface area contributed by atoms with Crippen molar-refractivity contribution in [2.24, 2.45) is 0 Å². The third-order valence-corrected chi connectivity index (χ3v) is 2.85. The van der Waals surface area contributed by atoms with Crippen molar-refractivity contribution in [1.82, 2.24) is 15.2 Å². The molecule has 0 unspecified atom stereocenters. The maximum Gasteiger partial charge on any atom is 0.408 e. The first-order valence-electron chi connectivity index (χ1n) is 5.50. The standard InChI is InChI=1S/C11H14F3N3/c12-11(13,14)10(9-1-3-15-4-2-9)17-7-5-16-6-8-17/h1-4,10,16H,5-8H2/t10-/m1/s1. The number of alkyl halides is 3. The Bertz CT molecular complexity index is 347. The molecule has 0 amide bonds. The Labute approximate surface area is 97.6 Å². The third-order valence-electron chi connectivity index (χ3n) is 2.85. The second-order valence-electron chi connectivity index (χ2n) is 4.01. The van der Waals surface area contributed by atoms with Crippen molar-refractivity contribution >= 4 is 0 Å². The Kier molecular flexibility index (Phi) is 3.63. The zero-order chi connectivity index (χ0) is 12.3. The molecule has 1 saturated heterocycles. The van der Waals surface area contributed by atoms with Crippen LogP contribution in [0, 0.1) is 0 Å². The van der Waals surface area contributed by atoms with Gasteiger partial charge in [-0.2, -0.15) is 13.2 Å². The molecule has 2 heterocycles. The number of hydrogen-bond acceptors (Lipinski definition) is 3. The predicted octanol–water partition coefficient (Wildman–Crippen LogP) is 1.59. The van der Waals surface area contributed by atoms with Gasteiger partial charge in [0.25, 0.3) is 0 Å². The summed E-state index contributed by atoms with van der Waals surface area (Å²) in [6.07, 6.45) is -1.45. The molecule has 0 bridgehead atoms. The summed E-state index contributed by atoms with van der Waals surface area (Å²) in [5.74, 6) is 0. The predicted molar refractivity (Wildman–Crippen MR) is 57.5 cm³/mol. The van der Waals surface area contributed by atoms with Crippen molar-refractivity contribution in [1.29, 1.82) is 0 Å². The third kappa shape index (κ3) is 2.95. The Morgan fingerprint density at radius 3 is 2.29 bits per heavy atom. The fourth-order valence-electron chi connectivity index (χ4n) is 2.09. The number of aromatic nitrogens is 1. The molecule has 0 aliphatic carbocycles. The molecule has 0 saturated carbocycles. The second-order valence-corrected chi connectivity index (χ2v) is 4.01. The average molecular weight is 245 g/mol. The van der Waals surface area contributed by atoms with Gasteiger partial charge >= 0.3 is 6.18 Å². The van der Waals surface area contributed by atoms with Crippen LogP contribution in [0.2, 0.25) is 0 Å². The van der Waals surface area contributed by atoms with E-state index in [1.807, 2.05) is 0 Å². The number of hydrogen-bond donors (Lipinski definition) is 1. The van der Waals surface area contributed by atoms with Crippen LogP contribution in [0.25, 0.3) is 0 Å². The molecule has 1 atom stereocenters. The molecule has 1 fully saturated rings. The van der Waals surface area contributed by atoms with Gasteiger partial charge in [0.1, 0.15) is 6.04 Å². The highest BCUT2D eigenvalue weighted by Crippen LogP contribution is 2.37. The minimum absolute atomic E-state index is 0.259. The smallest absolute Gasteiger partial charge is 0.314 e. The van der Waals surface area contributed by atoms with E-state index in [0.29, 0.717) is 26.2 Å². The lowest BCUT2D eigenvalue weighted by Crippen LogP contribution is -2.49. The van der Waals surface area contributed by atoms with Crippen LogP contribution in [-0.2, 0) is 0 Å². The van der Waals surface area contributed by atoms with Gasteiger partial charge in [0.05, 0.1) is 0 Å². The van der Waals surface area contributed by atoms with Crippen LogP contribution in [0.4, 0.5) is 13.2 Å². The molecular formula is C11H14F3N3. The summed E-state index contributed by atoms with van der Waals surface area (Å²) in [5.41, 5.74) is 0.259. The largest absolute Gasteiger partial charge is 0.408 e. The molecule has 0 spiro atoms. The summed E-state index contributed by atoms with van der Waals surface area (Å²) >= 11 is 0. The van der Waals surface area contributed by atoms with E-state index in [0.717, 1.165) is 0 Å². The maximum atomic E-state index is 13.1. The highest BCUT2D eigenvalue weighted by molar-refractivity contribution is 5.17. The average Bonchev–Trinajstić information content (AvgIpc) is 2.30. The lowest BCUT2D eigenvalue weighted by molar-refractivity contribution is -0.187. The van der Waals surface area contributed by atoms with Crippen molar-refractivity contribution in [3.63, 3.8) is 0 Å². The Morgan fingerprint density at radius 2 is 1.76 bits per heavy atom. The molecule has 2 rings (SSSR count). The Hall–Kier alpha value is -1.14. The van der Waals surface area contributed by atoms with E-state index in [1.54, 1.807) is 0 Å². The number of piperazine rings is 1. The van der Waals surface area contributed by atoms with Crippen LogP contribution in [0.5, 0.6) is 0 Å². The molecular weight excluding hydrogens is 231 g/mol. The molecule has 0 aromatic carbocycles. The Balaban J connectivity index is 2.25. The van der Waals surface area contributed by atoms with E-state index in [4.69, 9.17) is 0 Å². The van der Waals surface area contributed by atoms with E-state index < -0.39 is 12.2 Å². The van der Waals surface area contributed by atoms with Crippen LogP contribution < -0.4 is 5.32 Å². The summed E-state index contributed by atoms with van der Waals surface area (Å²) in [5, 5.41) is 3.05. The van der Waals surface area contributed by atoms with Crippen LogP contribution in [0.1, 0.15) is 11.6 Å². The summed E-state index contributed by atoms with van der Waals surface area (Å²) in [6, 6.07) is 1.34. The lowest BCUT2D eigenvalue weighted by atomic mass is 10.1.